The Labute approximate surface area is 114 Å². The molecular formula is C15H22N4. The molecular weight excluding hydrogens is 236 g/mol. The molecule has 0 radical (unpaired) electrons. The highest BCUT2D eigenvalue weighted by atomic mass is 15.4. The summed E-state index contributed by atoms with van der Waals surface area (Å²) in [6, 6.07) is 6.40. The van der Waals surface area contributed by atoms with Crippen molar-refractivity contribution in [2.75, 3.05) is 6.54 Å². The zero-order valence-corrected chi connectivity index (χ0v) is 12.1. The number of nitrogens with zero attached hydrogens (tertiary/aromatic N) is 3. The first-order chi connectivity index (χ1) is 9.02. The Bertz CT molecular complexity index is 570. The van der Waals surface area contributed by atoms with Gasteiger partial charge in [0.1, 0.15) is 5.82 Å². The summed E-state index contributed by atoms with van der Waals surface area (Å²) in [4.78, 5) is 4.62. The highest BCUT2D eigenvalue weighted by molar-refractivity contribution is 5.43. The molecule has 0 bridgehead atoms. The maximum Gasteiger partial charge on any atom is 0.152 e. The lowest BCUT2D eigenvalue weighted by molar-refractivity contribution is 0.710. The zero-order chi connectivity index (χ0) is 14.0. The van der Waals surface area contributed by atoms with Crippen molar-refractivity contribution in [3.63, 3.8) is 0 Å². The summed E-state index contributed by atoms with van der Waals surface area (Å²) in [5.74, 6) is 2.16. The summed E-state index contributed by atoms with van der Waals surface area (Å²) < 4.78 is 1.97. The van der Waals surface area contributed by atoms with Gasteiger partial charge in [-0.2, -0.15) is 5.10 Å². The van der Waals surface area contributed by atoms with Crippen LogP contribution in [0.2, 0.25) is 0 Å². The molecule has 19 heavy (non-hydrogen) atoms. The maximum absolute atomic E-state index is 5.60. The highest BCUT2D eigenvalue weighted by Gasteiger charge is 2.15. The van der Waals surface area contributed by atoms with Crippen molar-refractivity contribution >= 4 is 0 Å². The Morgan fingerprint density at radius 3 is 2.63 bits per heavy atom. The predicted molar refractivity (Wildman–Crippen MR) is 77.7 cm³/mol. The fourth-order valence-corrected chi connectivity index (χ4v) is 2.10. The Morgan fingerprint density at radius 1 is 1.26 bits per heavy atom. The van der Waals surface area contributed by atoms with Crippen molar-refractivity contribution < 1.29 is 0 Å². The molecule has 2 N–H and O–H groups in total. The summed E-state index contributed by atoms with van der Waals surface area (Å²) in [5.41, 5.74) is 9.14. The van der Waals surface area contributed by atoms with Crippen LogP contribution in [0.3, 0.4) is 0 Å². The molecule has 0 aliphatic heterocycles. The summed E-state index contributed by atoms with van der Waals surface area (Å²) >= 11 is 0. The second-order valence-corrected chi connectivity index (χ2v) is 5.28. The average Bonchev–Trinajstić information content (AvgIpc) is 2.77. The minimum Gasteiger partial charge on any atom is -0.330 e. The first kappa shape index (κ1) is 13.7. The number of benzene rings is 1. The third-order valence-electron chi connectivity index (χ3n) is 3.15. The van der Waals surface area contributed by atoms with Crippen LogP contribution in [0.5, 0.6) is 0 Å². The fourth-order valence-electron chi connectivity index (χ4n) is 2.10. The van der Waals surface area contributed by atoms with Gasteiger partial charge < -0.3 is 5.73 Å². The average molecular weight is 258 g/mol. The SMILES string of the molecule is Cc1ccc(C)c(-n2nc(CCN)nc2C(C)C)c1. The third kappa shape index (κ3) is 2.84. The minimum absolute atomic E-state index is 0.332. The van der Waals surface area contributed by atoms with Crippen LogP contribution in [0.25, 0.3) is 5.69 Å². The molecule has 0 saturated heterocycles. The number of nitrogens with two attached hydrogens (primary N) is 1. The van der Waals surface area contributed by atoms with Crippen molar-refractivity contribution in [2.45, 2.75) is 40.0 Å². The molecule has 0 amide bonds. The second-order valence-electron chi connectivity index (χ2n) is 5.28. The maximum atomic E-state index is 5.60. The molecule has 2 rings (SSSR count). The van der Waals surface area contributed by atoms with Crippen LogP contribution in [-0.2, 0) is 6.42 Å². The van der Waals surface area contributed by atoms with E-state index in [0.29, 0.717) is 12.5 Å². The normalized spacial score (nSPS) is 11.3. The van der Waals surface area contributed by atoms with Gasteiger partial charge >= 0.3 is 0 Å². The van der Waals surface area contributed by atoms with E-state index in [1.807, 2.05) is 4.68 Å². The van der Waals surface area contributed by atoms with Gasteiger partial charge in [-0.1, -0.05) is 26.0 Å². The van der Waals surface area contributed by atoms with E-state index < -0.39 is 0 Å². The molecule has 4 nitrogen and oxygen atoms in total. The van der Waals surface area contributed by atoms with Gasteiger partial charge in [-0.3, -0.25) is 0 Å². The van der Waals surface area contributed by atoms with E-state index in [0.717, 1.165) is 23.8 Å². The van der Waals surface area contributed by atoms with Gasteiger partial charge in [-0.05, 0) is 37.6 Å². The lowest BCUT2D eigenvalue weighted by Crippen LogP contribution is -2.07. The fraction of sp³-hybridized carbons (Fsp3) is 0.467. The van der Waals surface area contributed by atoms with Gasteiger partial charge in [0.15, 0.2) is 5.82 Å². The lowest BCUT2D eigenvalue weighted by Gasteiger charge is -2.11. The van der Waals surface area contributed by atoms with Gasteiger partial charge in [0.2, 0.25) is 0 Å². The van der Waals surface area contributed by atoms with E-state index in [4.69, 9.17) is 5.73 Å². The predicted octanol–water partition coefficient (Wildman–Crippen LogP) is 2.51. The molecule has 1 heterocycles. The molecule has 1 aromatic heterocycles. The molecule has 0 unspecified atom stereocenters. The van der Waals surface area contributed by atoms with Gasteiger partial charge in [0.25, 0.3) is 0 Å². The van der Waals surface area contributed by atoms with E-state index in [2.05, 4.69) is 56.0 Å². The molecule has 1 aromatic carbocycles. The van der Waals surface area contributed by atoms with E-state index in [9.17, 15) is 0 Å². The van der Waals surface area contributed by atoms with Crippen LogP contribution in [0, 0.1) is 13.8 Å². The van der Waals surface area contributed by atoms with Crippen molar-refractivity contribution in [3.05, 3.63) is 41.0 Å². The lowest BCUT2D eigenvalue weighted by atomic mass is 10.1. The molecule has 0 saturated carbocycles. The molecule has 0 fully saturated rings. The van der Waals surface area contributed by atoms with Crippen LogP contribution in [0.1, 0.15) is 42.5 Å². The van der Waals surface area contributed by atoms with Crippen LogP contribution >= 0.6 is 0 Å². The van der Waals surface area contributed by atoms with Gasteiger partial charge in [0.05, 0.1) is 5.69 Å². The van der Waals surface area contributed by atoms with Gasteiger partial charge in [-0.15, -0.1) is 0 Å². The Kier molecular flexibility index (Phi) is 4.00. The topological polar surface area (TPSA) is 56.7 Å². The number of rotatable bonds is 4. The molecule has 2 aromatic rings. The van der Waals surface area contributed by atoms with Crippen molar-refractivity contribution in [1.29, 1.82) is 0 Å². The summed E-state index contributed by atoms with van der Waals surface area (Å²) in [5, 5.41) is 4.62. The monoisotopic (exact) mass is 258 g/mol. The number of hydrogen-bond acceptors (Lipinski definition) is 3. The number of aromatic nitrogens is 3. The Morgan fingerprint density at radius 2 is 2.00 bits per heavy atom. The zero-order valence-electron chi connectivity index (χ0n) is 12.1. The Hall–Kier alpha value is -1.68. The largest absolute Gasteiger partial charge is 0.330 e. The second kappa shape index (κ2) is 5.53. The molecule has 0 spiro atoms. The standard InChI is InChI=1S/C15H22N4/c1-10(2)15-17-14(7-8-16)18-19(15)13-9-11(3)5-6-12(13)4/h5-6,9-10H,7-8,16H2,1-4H3. The third-order valence-corrected chi connectivity index (χ3v) is 3.15. The summed E-state index contributed by atoms with van der Waals surface area (Å²) in [6.45, 7) is 9.04. The minimum atomic E-state index is 0.332. The molecule has 4 heteroatoms. The van der Waals surface area contributed by atoms with Crippen molar-refractivity contribution in [2.24, 2.45) is 5.73 Å². The molecule has 0 atom stereocenters. The van der Waals surface area contributed by atoms with Crippen molar-refractivity contribution in [1.82, 2.24) is 14.8 Å². The van der Waals surface area contributed by atoms with Crippen molar-refractivity contribution in [3.8, 4) is 5.69 Å². The van der Waals surface area contributed by atoms with Crippen LogP contribution in [0.4, 0.5) is 0 Å². The molecule has 0 aliphatic rings. The van der Waals surface area contributed by atoms with E-state index in [1.54, 1.807) is 0 Å². The van der Waals surface area contributed by atoms with Gasteiger partial charge in [0, 0.05) is 12.3 Å². The van der Waals surface area contributed by atoms with E-state index in [-0.39, 0.29) is 0 Å². The smallest absolute Gasteiger partial charge is 0.152 e. The first-order valence-corrected chi connectivity index (χ1v) is 6.76. The number of aryl methyl sites for hydroxylation is 2. The summed E-state index contributed by atoms with van der Waals surface area (Å²) in [7, 11) is 0. The number of hydrogen-bond donors (Lipinski definition) is 1. The van der Waals surface area contributed by atoms with Crippen LogP contribution in [-0.4, -0.2) is 21.3 Å². The first-order valence-electron chi connectivity index (χ1n) is 6.76. The van der Waals surface area contributed by atoms with Crippen LogP contribution < -0.4 is 5.73 Å². The quantitative estimate of drug-likeness (QED) is 0.916. The highest BCUT2D eigenvalue weighted by Crippen LogP contribution is 2.21. The van der Waals surface area contributed by atoms with E-state index in [1.165, 1.54) is 11.1 Å². The van der Waals surface area contributed by atoms with Crippen LogP contribution in [0.15, 0.2) is 18.2 Å². The molecule has 0 aliphatic carbocycles. The van der Waals surface area contributed by atoms with E-state index >= 15 is 0 Å². The molecule has 102 valence electrons. The van der Waals surface area contributed by atoms with Gasteiger partial charge in [-0.25, -0.2) is 9.67 Å². The Balaban J connectivity index is 2.56. The summed E-state index contributed by atoms with van der Waals surface area (Å²) in [6.07, 6.45) is 0.720.